The number of benzene rings is 2. The topological polar surface area (TPSA) is 89.5 Å². The zero-order valence-electron chi connectivity index (χ0n) is 13.7. The van der Waals surface area contributed by atoms with Gasteiger partial charge < -0.3 is 10.6 Å². The van der Waals surface area contributed by atoms with E-state index in [9.17, 15) is 14.9 Å². The molecule has 3 rings (SSSR count). The number of nitro benzene ring substituents is 1. The Morgan fingerprint density at radius 1 is 1.08 bits per heavy atom. The molecule has 0 radical (unpaired) electrons. The van der Waals surface area contributed by atoms with Crippen LogP contribution in [0.15, 0.2) is 48.5 Å². The second-order valence-corrected chi connectivity index (χ2v) is 6.03. The number of carbonyl (C=O) groups excluding carboxylic acids is 1. The number of primary amides is 1. The van der Waals surface area contributed by atoms with E-state index in [4.69, 9.17) is 5.73 Å². The number of anilines is 1. The van der Waals surface area contributed by atoms with Crippen molar-refractivity contribution in [3.8, 4) is 0 Å². The summed E-state index contributed by atoms with van der Waals surface area (Å²) in [5.41, 5.74) is 8.44. The zero-order chi connectivity index (χ0) is 17.8. The van der Waals surface area contributed by atoms with Crippen LogP contribution in [-0.4, -0.2) is 23.4 Å². The van der Waals surface area contributed by atoms with E-state index in [-0.39, 0.29) is 17.6 Å². The summed E-state index contributed by atoms with van der Waals surface area (Å²) in [5, 5.41) is 10.7. The van der Waals surface area contributed by atoms with Gasteiger partial charge in [-0.15, -0.1) is 0 Å². The van der Waals surface area contributed by atoms with Crippen LogP contribution in [0.4, 0.5) is 11.4 Å². The largest absolute Gasteiger partial charge is 0.368 e. The van der Waals surface area contributed by atoms with E-state index in [1.165, 1.54) is 12.1 Å². The molecule has 128 valence electrons. The Hall–Kier alpha value is -3.15. The Bertz CT molecular complexity index is 798. The maximum absolute atomic E-state index is 11.5. The molecule has 1 aliphatic heterocycles. The molecule has 0 saturated carbocycles. The highest BCUT2D eigenvalue weighted by molar-refractivity contribution is 5.84. The first-order valence-corrected chi connectivity index (χ1v) is 8.13. The fraction of sp³-hybridized carbons (Fsp3) is 0.211. The fourth-order valence-electron chi connectivity index (χ4n) is 3.05. The highest BCUT2D eigenvalue weighted by atomic mass is 16.6. The first-order chi connectivity index (χ1) is 12.0. The third-order valence-corrected chi connectivity index (χ3v) is 4.38. The van der Waals surface area contributed by atoms with Gasteiger partial charge >= 0.3 is 0 Å². The molecule has 0 bridgehead atoms. The molecule has 1 atom stereocenters. The van der Waals surface area contributed by atoms with Gasteiger partial charge in [-0.25, -0.2) is 0 Å². The molecule has 25 heavy (non-hydrogen) atoms. The normalized spacial score (nSPS) is 17.1. The summed E-state index contributed by atoms with van der Waals surface area (Å²) in [6, 6.07) is 14.1. The molecule has 6 heteroatoms. The van der Waals surface area contributed by atoms with Gasteiger partial charge in [0.05, 0.1) is 4.92 Å². The van der Waals surface area contributed by atoms with E-state index in [0.717, 1.165) is 36.2 Å². The SMILES string of the molecule is NC(=O)[C@H]1CCCN1c1ccc(/C=C/c2ccc([N+](=O)[O-])cc2)cc1. The highest BCUT2D eigenvalue weighted by Crippen LogP contribution is 2.26. The molecule has 1 aliphatic rings. The van der Waals surface area contributed by atoms with E-state index in [0.29, 0.717) is 0 Å². The standard InChI is InChI=1S/C19H19N3O3/c20-19(23)18-2-1-13-21(18)16-9-5-14(6-10-16)3-4-15-7-11-17(12-8-15)22(24)25/h3-12,18H,1-2,13H2,(H2,20,23)/b4-3+/t18-/m1/s1. The molecule has 1 heterocycles. The van der Waals surface area contributed by atoms with Crippen LogP contribution in [0.25, 0.3) is 12.2 Å². The number of carbonyl (C=O) groups is 1. The summed E-state index contributed by atoms with van der Waals surface area (Å²) in [6.07, 6.45) is 5.62. The van der Waals surface area contributed by atoms with Crippen LogP contribution < -0.4 is 10.6 Å². The van der Waals surface area contributed by atoms with Crippen LogP contribution in [-0.2, 0) is 4.79 Å². The van der Waals surface area contributed by atoms with Gasteiger partial charge in [0, 0.05) is 24.4 Å². The third-order valence-electron chi connectivity index (χ3n) is 4.38. The second kappa shape index (κ2) is 7.17. The van der Waals surface area contributed by atoms with Crippen LogP contribution >= 0.6 is 0 Å². The van der Waals surface area contributed by atoms with Crippen molar-refractivity contribution >= 4 is 29.4 Å². The summed E-state index contributed by atoms with van der Waals surface area (Å²) < 4.78 is 0. The van der Waals surface area contributed by atoms with Crippen molar-refractivity contribution in [3.05, 3.63) is 69.8 Å². The minimum absolute atomic E-state index is 0.0797. The maximum Gasteiger partial charge on any atom is 0.269 e. The maximum atomic E-state index is 11.5. The number of nitro groups is 1. The molecule has 6 nitrogen and oxygen atoms in total. The number of non-ortho nitro benzene ring substituents is 1. The quantitative estimate of drug-likeness (QED) is 0.515. The van der Waals surface area contributed by atoms with Crippen LogP contribution in [0.5, 0.6) is 0 Å². The van der Waals surface area contributed by atoms with Gasteiger partial charge in [-0.3, -0.25) is 14.9 Å². The number of nitrogens with zero attached hydrogens (tertiary/aromatic N) is 2. The van der Waals surface area contributed by atoms with E-state index in [1.807, 2.05) is 41.3 Å². The molecule has 2 aromatic carbocycles. The van der Waals surface area contributed by atoms with Crippen molar-refractivity contribution < 1.29 is 9.72 Å². The lowest BCUT2D eigenvalue weighted by atomic mass is 10.1. The van der Waals surface area contributed by atoms with Crippen molar-refractivity contribution in [2.45, 2.75) is 18.9 Å². The predicted molar refractivity (Wildman–Crippen MR) is 98.0 cm³/mol. The van der Waals surface area contributed by atoms with Crippen molar-refractivity contribution in [2.24, 2.45) is 5.73 Å². The van der Waals surface area contributed by atoms with Crippen LogP contribution in [0, 0.1) is 10.1 Å². The number of hydrogen-bond donors (Lipinski definition) is 1. The van der Waals surface area contributed by atoms with E-state index in [1.54, 1.807) is 12.1 Å². The lowest BCUT2D eigenvalue weighted by Crippen LogP contribution is -2.40. The molecule has 0 spiro atoms. The van der Waals surface area contributed by atoms with E-state index < -0.39 is 4.92 Å². The molecule has 1 fully saturated rings. The molecular weight excluding hydrogens is 318 g/mol. The molecule has 2 aromatic rings. The molecular formula is C19H19N3O3. The van der Waals surface area contributed by atoms with E-state index in [2.05, 4.69) is 0 Å². The van der Waals surface area contributed by atoms with Gasteiger partial charge in [-0.1, -0.05) is 24.3 Å². The highest BCUT2D eigenvalue weighted by Gasteiger charge is 2.28. The smallest absolute Gasteiger partial charge is 0.269 e. The molecule has 1 amide bonds. The summed E-state index contributed by atoms with van der Waals surface area (Å²) in [7, 11) is 0. The number of nitrogens with two attached hydrogens (primary N) is 1. The van der Waals surface area contributed by atoms with Crippen molar-refractivity contribution in [1.29, 1.82) is 0 Å². The number of amides is 1. The van der Waals surface area contributed by atoms with Crippen molar-refractivity contribution in [2.75, 3.05) is 11.4 Å². The van der Waals surface area contributed by atoms with Crippen molar-refractivity contribution in [3.63, 3.8) is 0 Å². The summed E-state index contributed by atoms with van der Waals surface area (Å²) in [4.78, 5) is 23.8. The first-order valence-electron chi connectivity index (χ1n) is 8.13. The van der Waals surface area contributed by atoms with Crippen molar-refractivity contribution in [1.82, 2.24) is 0 Å². The Balaban J connectivity index is 1.70. The number of hydrogen-bond acceptors (Lipinski definition) is 4. The average molecular weight is 337 g/mol. The summed E-state index contributed by atoms with van der Waals surface area (Å²) in [5.74, 6) is -0.278. The predicted octanol–water partition coefficient (Wildman–Crippen LogP) is 3.22. The average Bonchev–Trinajstić information content (AvgIpc) is 3.11. The van der Waals surface area contributed by atoms with E-state index >= 15 is 0 Å². The monoisotopic (exact) mass is 337 g/mol. The lowest BCUT2D eigenvalue weighted by molar-refractivity contribution is -0.384. The Labute approximate surface area is 145 Å². The Kier molecular flexibility index (Phi) is 4.79. The fourth-order valence-corrected chi connectivity index (χ4v) is 3.05. The van der Waals surface area contributed by atoms with Crippen LogP contribution in [0.2, 0.25) is 0 Å². The van der Waals surface area contributed by atoms with Gasteiger partial charge in [-0.05, 0) is 48.2 Å². The summed E-state index contributed by atoms with van der Waals surface area (Å²) in [6.45, 7) is 0.839. The van der Waals surface area contributed by atoms with Gasteiger partial charge in [0.15, 0.2) is 0 Å². The molecule has 0 aromatic heterocycles. The molecule has 0 unspecified atom stereocenters. The van der Waals surface area contributed by atoms with Gasteiger partial charge in [0.2, 0.25) is 5.91 Å². The summed E-state index contributed by atoms with van der Waals surface area (Å²) >= 11 is 0. The van der Waals surface area contributed by atoms with Gasteiger partial charge in [-0.2, -0.15) is 0 Å². The first kappa shape index (κ1) is 16.7. The van der Waals surface area contributed by atoms with Crippen LogP contribution in [0.1, 0.15) is 24.0 Å². The molecule has 1 saturated heterocycles. The van der Waals surface area contributed by atoms with Gasteiger partial charge in [0.25, 0.3) is 5.69 Å². The Morgan fingerprint density at radius 3 is 2.16 bits per heavy atom. The second-order valence-electron chi connectivity index (χ2n) is 6.03. The number of rotatable bonds is 5. The minimum atomic E-state index is -0.413. The minimum Gasteiger partial charge on any atom is -0.368 e. The van der Waals surface area contributed by atoms with Crippen LogP contribution in [0.3, 0.4) is 0 Å². The third kappa shape index (κ3) is 3.85. The zero-order valence-corrected chi connectivity index (χ0v) is 13.7. The van der Waals surface area contributed by atoms with Gasteiger partial charge in [0.1, 0.15) is 6.04 Å². The Morgan fingerprint density at radius 2 is 1.64 bits per heavy atom. The molecule has 0 aliphatic carbocycles. The lowest BCUT2D eigenvalue weighted by Gasteiger charge is -2.24. The molecule has 2 N–H and O–H groups in total.